The lowest BCUT2D eigenvalue weighted by molar-refractivity contribution is 0.994. The first-order valence-electron chi connectivity index (χ1n) is 6.52. The highest BCUT2D eigenvalue weighted by atomic mass is 15.1. The number of aryl methyl sites for hydroxylation is 3. The molecule has 1 rings (SSSR count). The third kappa shape index (κ3) is 3.94. The third-order valence-electron chi connectivity index (χ3n) is 3.00. The van der Waals surface area contributed by atoms with E-state index < -0.39 is 0 Å². The molecule has 3 heteroatoms. The number of azide groups is 1. The number of benzene rings is 1. The van der Waals surface area contributed by atoms with Crippen molar-refractivity contribution in [3.05, 3.63) is 50.9 Å². The molecule has 0 atom stereocenters. The van der Waals surface area contributed by atoms with Gasteiger partial charge in [0.1, 0.15) is 0 Å². The number of hydrogen-bond acceptors (Lipinski definition) is 1. The van der Waals surface area contributed by atoms with Crippen LogP contribution >= 0.6 is 0 Å². The molecule has 96 valence electrons. The monoisotopic (exact) mass is 243 g/mol. The molecule has 1 aromatic rings. The average molecular weight is 243 g/mol. The van der Waals surface area contributed by atoms with Crippen LogP contribution in [0.1, 0.15) is 42.5 Å². The Bertz CT molecular complexity index is 444. The Balaban J connectivity index is 2.94. The van der Waals surface area contributed by atoms with Gasteiger partial charge in [0.25, 0.3) is 0 Å². The molecule has 0 fully saturated rings. The van der Waals surface area contributed by atoms with Crippen molar-refractivity contribution in [1.29, 1.82) is 0 Å². The van der Waals surface area contributed by atoms with E-state index in [0.29, 0.717) is 6.54 Å². The molecule has 0 saturated heterocycles. The van der Waals surface area contributed by atoms with Gasteiger partial charge < -0.3 is 0 Å². The van der Waals surface area contributed by atoms with Crippen LogP contribution in [0, 0.1) is 6.92 Å². The van der Waals surface area contributed by atoms with Crippen LogP contribution in [0.5, 0.6) is 0 Å². The second kappa shape index (κ2) is 7.57. The predicted molar refractivity (Wildman–Crippen MR) is 77.6 cm³/mol. The zero-order valence-corrected chi connectivity index (χ0v) is 11.5. The quantitative estimate of drug-likeness (QED) is 0.297. The molecule has 0 unspecified atom stereocenters. The van der Waals surface area contributed by atoms with E-state index in [1.165, 1.54) is 22.3 Å². The Labute approximate surface area is 109 Å². The number of nitrogens with zero attached hydrogens (tertiary/aromatic N) is 3. The summed E-state index contributed by atoms with van der Waals surface area (Å²) in [6.07, 6.45) is 7.15. The SMILES string of the molecule is CCc1cc(C)cc(CC)c1C=CCCN=[N+]=[N-]. The Morgan fingerprint density at radius 3 is 2.33 bits per heavy atom. The van der Waals surface area contributed by atoms with Gasteiger partial charge in [-0.1, -0.05) is 48.8 Å². The Morgan fingerprint density at radius 2 is 1.83 bits per heavy atom. The van der Waals surface area contributed by atoms with E-state index in [4.69, 9.17) is 5.53 Å². The van der Waals surface area contributed by atoms with Gasteiger partial charge in [-0.05, 0) is 48.4 Å². The second-order valence-corrected chi connectivity index (χ2v) is 4.35. The summed E-state index contributed by atoms with van der Waals surface area (Å²) in [6.45, 7) is 7.05. The van der Waals surface area contributed by atoms with Gasteiger partial charge in [0, 0.05) is 11.5 Å². The normalized spacial score (nSPS) is 10.6. The standard InChI is InChI=1S/C15H21N3/c1-4-13-10-12(3)11-14(5-2)15(13)8-6-7-9-17-18-16/h6,8,10-11H,4-5,7,9H2,1-3H3. The summed E-state index contributed by atoms with van der Waals surface area (Å²) in [7, 11) is 0. The summed E-state index contributed by atoms with van der Waals surface area (Å²) in [5.41, 5.74) is 13.7. The summed E-state index contributed by atoms with van der Waals surface area (Å²) in [6, 6.07) is 4.51. The van der Waals surface area contributed by atoms with E-state index in [1.807, 2.05) is 0 Å². The molecule has 0 bridgehead atoms. The van der Waals surface area contributed by atoms with Gasteiger partial charge in [-0.2, -0.15) is 0 Å². The lowest BCUT2D eigenvalue weighted by Gasteiger charge is -2.11. The maximum absolute atomic E-state index is 8.21. The molecule has 3 nitrogen and oxygen atoms in total. The highest BCUT2D eigenvalue weighted by Crippen LogP contribution is 2.21. The van der Waals surface area contributed by atoms with Crippen LogP contribution in [0.25, 0.3) is 16.5 Å². The summed E-state index contributed by atoms with van der Waals surface area (Å²) >= 11 is 0. The molecular weight excluding hydrogens is 222 g/mol. The maximum atomic E-state index is 8.21. The lowest BCUT2D eigenvalue weighted by Crippen LogP contribution is -1.95. The van der Waals surface area contributed by atoms with Crippen molar-refractivity contribution in [2.24, 2.45) is 5.11 Å². The Morgan fingerprint density at radius 1 is 1.22 bits per heavy atom. The Hall–Kier alpha value is -1.73. The molecule has 18 heavy (non-hydrogen) atoms. The van der Waals surface area contributed by atoms with Crippen molar-refractivity contribution in [3.8, 4) is 0 Å². The van der Waals surface area contributed by atoms with Crippen LogP contribution < -0.4 is 0 Å². The molecule has 0 aliphatic heterocycles. The van der Waals surface area contributed by atoms with E-state index in [9.17, 15) is 0 Å². The molecule has 0 amide bonds. The second-order valence-electron chi connectivity index (χ2n) is 4.35. The molecule has 0 heterocycles. The molecule has 0 spiro atoms. The molecule has 0 radical (unpaired) electrons. The topological polar surface area (TPSA) is 48.8 Å². The minimum absolute atomic E-state index is 0.530. The van der Waals surface area contributed by atoms with Crippen LogP contribution in [-0.2, 0) is 12.8 Å². The summed E-state index contributed by atoms with van der Waals surface area (Å²) in [5.74, 6) is 0. The van der Waals surface area contributed by atoms with Gasteiger partial charge >= 0.3 is 0 Å². The van der Waals surface area contributed by atoms with Gasteiger partial charge in [-0.15, -0.1) is 0 Å². The van der Waals surface area contributed by atoms with E-state index in [1.54, 1.807) is 0 Å². The highest BCUT2D eigenvalue weighted by molar-refractivity contribution is 5.59. The first-order chi connectivity index (χ1) is 8.72. The fourth-order valence-corrected chi connectivity index (χ4v) is 2.13. The summed E-state index contributed by atoms with van der Waals surface area (Å²) in [5, 5.41) is 3.53. The molecule has 0 aromatic heterocycles. The minimum Gasteiger partial charge on any atom is -0.0937 e. The van der Waals surface area contributed by atoms with Crippen LogP contribution in [0.3, 0.4) is 0 Å². The van der Waals surface area contributed by atoms with Crippen molar-refractivity contribution < 1.29 is 0 Å². The van der Waals surface area contributed by atoms with E-state index in [2.05, 4.69) is 55.1 Å². The molecule has 0 N–H and O–H groups in total. The minimum atomic E-state index is 0.530. The number of rotatable bonds is 6. The van der Waals surface area contributed by atoms with Gasteiger partial charge in [0.15, 0.2) is 0 Å². The van der Waals surface area contributed by atoms with Gasteiger partial charge in [0.2, 0.25) is 0 Å². The first-order valence-corrected chi connectivity index (χ1v) is 6.52. The summed E-state index contributed by atoms with van der Waals surface area (Å²) < 4.78 is 0. The first kappa shape index (κ1) is 14.3. The fourth-order valence-electron chi connectivity index (χ4n) is 2.13. The van der Waals surface area contributed by atoms with Crippen LogP contribution in [0.15, 0.2) is 23.3 Å². The molecule has 0 aliphatic rings. The van der Waals surface area contributed by atoms with Crippen molar-refractivity contribution in [2.75, 3.05) is 6.54 Å². The van der Waals surface area contributed by atoms with Crippen molar-refractivity contribution in [2.45, 2.75) is 40.0 Å². The maximum Gasteiger partial charge on any atom is 0.0292 e. The van der Waals surface area contributed by atoms with Crippen LogP contribution in [0.4, 0.5) is 0 Å². The lowest BCUT2D eigenvalue weighted by atomic mass is 9.94. The van der Waals surface area contributed by atoms with E-state index in [0.717, 1.165) is 19.3 Å². The third-order valence-corrected chi connectivity index (χ3v) is 3.00. The zero-order valence-electron chi connectivity index (χ0n) is 11.5. The Kier molecular flexibility index (Phi) is 6.03. The molecule has 0 saturated carbocycles. The average Bonchev–Trinajstić information content (AvgIpc) is 2.39. The highest BCUT2D eigenvalue weighted by Gasteiger charge is 2.04. The van der Waals surface area contributed by atoms with Gasteiger partial charge in [0.05, 0.1) is 0 Å². The van der Waals surface area contributed by atoms with Crippen LogP contribution in [-0.4, -0.2) is 6.54 Å². The molecule has 1 aromatic carbocycles. The molecule has 0 aliphatic carbocycles. The number of hydrogen-bond donors (Lipinski definition) is 0. The predicted octanol–water partition coefficient (Wildman–Crippen LogP) is 4.83. The van der Waals surface area contributed by atoms with Gasteiger partial charge in [-0.3, -0.25) is 0 Å². The van der Waals surface area contributed by atoms with Crippen LogP contribution in [0.2, 0.25) is 0 Å². The van der Waals surface area contributed by atoms with E-state index >= 15 is 0 Å². The summed E-state index contributed by atoms with van der Waals surface area (Å²) in [4.78, 5) is 2.75. The van der Waals surface area contributed by atoms with Gasteiger partial charge in [-0.25, -0.2) is 0 Å². The van der Waals surface area contributed by atoms with Crippen molar-refractivity contribution in [1.82, 2.24) is 0 Å². The smallest absolute Gasteiger partial charge is 0.0292 e. The van der Waals surface area contributed by atoms with E-state index in [-0.39, 0.29) is 0 Å². The molecular formula is C15H21N3. The fraction of sp³-hybridized carbons (Fsp3) is 0.467. The van der Waals surface area contributed by atoms with Crippen molar-refractivity contribution >= 4 is 6.08 Å². The largest absolute Gasteiger partial charge is 0.0937 e. The zero-order chi connectivity index (χ0) is 13.4. The van der Waals surface area contributed by atoms with Crippen molar-refractivity contribution in [3.63, 3.8) is 0 Å².